The molecular weight excluding hydrogens is 334 g/mol. The van der Waals surface area contributed by atoms with Crippen LogP contribution in [0.25, 0.3) is 0 Å². The zero-order valence-electron chi connectivity index (χ0n) is 16.4. The number of amides is 2. The lowest BCUT2D eigenvalue weighted by Crippen LogP contribution is -2.47. The molecule has 0 bridgehead atoms. The number of ether oxygens (including phenoxy) is 2. The number of carbonyl (C=O) groups excluding carboxylic acids is 2. The Morgan fingerprint density at radius 3 is 2.69 bits per heavy atom. The van der Waals surface area contributed by atoms with Crippen LogP contribution in [-0.2, 0) is 4.74 Å². The number of nitrogen functional groups attached to an aromatic ring is 1. The van der Waals surface area contributed by atoms with Gasteiger partial charge in [-0.05, 0) is 32.9 Å². The summed E-state index contributed by atoms with van der Waals surface area (Å²) in [5.41, 5.74) is 6.32. The van der Waals surface area contributed by atoms with E-state index in [1.165, 1.54) is 4.90 Å². The van der Waals surface area contributed by atoms with E-state index in [9.17, 15) is 9.59 Å². The number of nitrogens with two attached hydrogens (primary N) is 1. The van der Waals surface area contributed by atoms with Crippen LogP contribution in [0.4, 0.5) is 10.5 Å². The Balaban J connectivity index is 2.26. The Morgan fingerprint density at radius 1 is 1.42 bits per heavy atom. The Hall–Kier alpha value is -2.44. The van der Waals surface area contributed by atoms with Crippen LogP contribution >= 0.6 is 0 Å². The minimum absolute atomic E-state index is 0.00147. The molecule has 0 spiro atoms. The van der Waals surface area contributed by atoms with Gasteiger partial charge < -0.3 is 25.0 Å². The molecule has 144 valence electrons. The normalized spacial score (nSPS) is 20.5. The molecule has 1 heterocycles. The van der Waals surface area contributed by atoms with Crippen molar-refractivity contribution in [3.8, 4) is 5.75 Å². The lowest BCUT2D eigenvalue weighted by atomic mass is 10.0. The van der Waals surface area contributed by atoms with Crippen molar-refractivity contribution in [2.75, 3.05) is 32.9 Å². The number of likely N-dealkylation sites (N-methyl/N-ethyl adjacent to an activating group) is 1. The lowest BCUT2D eigenvalue weighted by Gasteiger charge is -2.35. The van der Waals surface area contributed by atoms with Crippen molar-refractivity contribution in [2.45, 2.75) is 39.4 Å². The highest BCUT2D eigenvalue weighted by Gasteiger charge is 2.32. The summed E-state index contributed by atoms with van der Waals surface area (Å²) in [6, 6.07) is 5.14. The largest absolute Gasteiger partial charge is 0.485 e. The first kappa shape index (κ1) is 19.9. The molecule has 0 fully saturated rings. The quantitative estimate of drug-likeness (QED) is 0.817. The van der Waals surface area contributed by atoms with Gasteiger partial charge in [-0.15, -0.1) is 0 Å². The highest BCUT2D eigenvalue weighted by molar-refractivity contribution is 5.98. The standard InChI is InChI=1S/C19H29N3O4/c1-12-10-21(5)17(23)13-8-7-9-14(20)16(13)25-15(12)11-22(6)18(24)26-19(2,3)4/h7-9,12,15H,10-11,20H2,1-6H3/t12-,15-/m1/s1. The summed E-state index contributed by atoms with van der Waals surface area (Å²) < 4.78 is 11.5. The van der Waals surface area contributed by atoms with Crippen LogP contribution in [0.15, 0.2) is 18.2 Å². The second-order valence-corrected chi connectivity index (χ2v) is 7.90. The number of nitrogens with zero attached hydrogens (tertiary/aromatic N) is 2. The number of benzene rings is 1. The Labute approximate surface area is 155 Å². The van der Waals surface area contributed by atoms with Gasteiger partial charge in [0.25, 0.3) is 5.91 Å². The van der Waals surface area contributed by atoms with Gasteiger partial charge in [0.15, 0.2) is 5.75 Å². The van der Waals surface area contributed by atoms with Crippen molar-refractivity contribution in [2.24, 2.45) is 5.92 Å². The number of carbonyl (C=O) groups is 2. The predicted molar refractivity (Wildman–Crippen MR) is 100 cm³/mol. The van der Waals surface area contributed by atoms with E-state index in [2.05, 4.69) is 0 Å². The van der Waals surface area contributed by atoms with Crippen molar-refractivity contribution >= 4 is 17.7 Å². The van der Waals surface area contributed by atoms with Crippen LogP contribution < -0.4 is 10.5 Å². The molecule has 2 amide bonds. The second kappa shape index (κ2) is 7.43. The van der Waals surface area contributed by atoms with Gasteiger partial charge in [-0.1, -0.05) is 13.0 Å². The molecule has 0 saturated carbocycles. The SMILES string of the molecule is C[C@@H]1CN(C)C(=O)c2cccc(N)c2O[C@@H]1CN(C)C(=O)OC(C)(C)C. The molecule has 1 aliphatic heterocycles. The molecule has 0 saturated heterocycles. The first-order chi connectivity index (χ1) is 12.0. The number of hydrogen-bond donors (Lipinski definition) is 1. The Bertz CT molecular complexity index is 684. The van der Waals surface area contributed by atoms with E-state index < -0.39 is 11.7 Å². The maximum absolute atomic E-state index is 12.6. The highest BCUT2D eigenvalue weighted by Crippen LogP contribution is 2.32. The summed E-state index contributed by atoms with van der Waals surface area (Å²) in [7, 11) is 3.43. The van der Waals surface area contributed by atoms with Gasteiger partial charge in [0.05, 0.1) is 17.8 Å². The van der Waals surface area contributed by atoms with Gasteiger partial charge in [0.1, 0.15) is 11.7 Å². The predicted octanol–water partition coefficient (Wildman–Crippen LogP) is 2.60. The van der Waals surface area contributed by atoms with Crippen molar-refractivity contribution in [3.63, 3.8) is 0 Å². The molecule has 2 atom stereocenters. The van der Waals surface area contributed by atoms with Gasteiger partial charge in [0, 0.05) is 26.6 Å². The molecule has 0 aromatic heterocycles. The topological polar surface area (TPSA) is 85.1 Å². The van der Waals surface area contributed by atoms with E-state index in [0.717, 1.165) is 0 Å². The maximum atomic E-state index is 12.6. The monoisotopic (exact) mass is 363 g/mol. The summed E-state index contributed by atoms with van der Waals surface area (Å²) in [4.78, 5) is 28.0. The average molecular weight is 363 g/mol. The van der Waals surface area contributed by atoms with Crippen molar-refractivity contribution in [1.82, 2.24) is 9.80 Å². The molecular formula is C19H29N3O4. The first-order valence-corrected chi connectivity index (χ1v) is 8.74. The third-order valence-electron chi connectivity index (χ3n) is 4.25. The molecule has 7 nitrogen and oxygen atoms in total. The van der Waals surface area contributed by atoms with E-state index >= 15 is 0 Å². The zero-order valence-corrected chi connectivity index (χ0v) is 16.4. The van der Waals surface area contributed by atoms with Gasteiger partial charge in [-0.3, -0.25) is 4.79 Å². The van der Waals surface area contributed by atoms with Crippen LogP contribution in [0.1, 0.15) is 38.1 Å². The maximum Gasteiger partial charge on any atom is 0.410 e. The first-order valence-electron chi connectivity index (χ1n) is 8.74. The summed E-state index contributed by atoms with van der Waals surface area (Å²) in [6.45, 7) is 8.30. The summed E-state index contributed by atoms with van der Waals surface area (Å²) >= 11 is 0. The zero-order chi connectivity index (χ0) is 19.6. The van der Waals surface area contributed by atoms with Gasteiger partial charge >= 0.3 is 6.09 Å². The van der Waals surface area contributed by atoms with Crippen molar-refractivity contribution < 1.29 is 19.1 Å². The highest BCUT2D eigenvalue weighted by atomic mass is 16.6. The molecule has 1 aliphatic rings. The fraction of sp³-hybridized carbons (Fsp3) is 0.579. The van der Waals surface area contributed by atoms with Crippen LogP contribution in [0, 0.1) is 5.92 Å². The third kappa shape index (κ3) is 4.59. The van der Waals surface area contributed by atoms with Crippen LogP contribution in [-0.4, -0.2) is 60.7 Å². The summed E-state index contributed by atoms with van der Waals surface area (Å²) in [5, 5.41) is 0. The van der Waals surface area contributed by atoms with Gasteiger partial charge in [0.2, 0.25) is 0 Å². The Kier molecular flexibility index (Phi) is 5.68. The van der Waals surface area contributed by atoms with Crippen molar-refractivity contribution in [3.05, 3.63) is 23.8 Å². The molecule has 2 rings (SSSR count). The minimum Gasteiger partial charge on any atom is -0.485 e. The molecule has 0 radical (unpaired) electrons. The lowest BCUT2D eigenvalue weighted by molar-refractivity contribution is 0.0152. The molecule has 1 aromatic rings. The molecule has 26 heavy (non-hydrogen) atoms. The van der Waals surface area contributed by atoms with Gasteiger partial charge in [-0.2, -0.15) is 0 Å². The third-order valence-corrected chi connectivity index (χ3v) is 4.25. The van der Waals surface area contributed by atoms with E-state index in [-0.39, 0.29) is 17.9 Å². The smallest absolute Gasteiger partial charge is 0.410 e. The molecule has 7 heteroatoms. The number of para-hydroxylation sites is 1. The number of rotatable bonds is 2. The van der Waals surface area contributed by atoms with E-state index in [0.29, 0.717) is 30.1 Å². The molecule has 1 aromatic carbocycles. The number of fused-ring (bicyclic) bond motifs is 1. The fourth-order valence-electron chi connectivity index (χ4n) is 2.86. The van der Waals surface area contributed by atoms with Gasteiger partial charge in [-0.25, -0.2) is 4.79 Å². The summed E-state index contributed by atoms with van der Waals surface area (Å²) in [5.74, 6) is 0.248. The number of anilines is 1. The van der Waals surface area contributed by atoms with E-state index in [1.54, 1.807) is 37.2 Å². The Morgan fingerprint density at radius 2 is 2.08 bits per heavy atom. The molecule has 0 unspecified atom stereocenters. The minimum atomic E-state index is -0.567. The molecule has 2 N–H and O–H groups in total. The van der Waals surface area contributed by atoms with E-state index in [4.69, 9.17) is 15.2 Å². The second-order valence-electron chi connectivity index (χ2n) is 7.90. The fourth-order valence-corrected chi connectivity index (χ4v) is 2.86. The number of hydrogen-bond acceptors (Lipinski definition) is 5. The molecule has 0 aliphatic carbocycles. The average Bonchev–Trinajstić information content (AvgIpc) is 2.52. The summed E-state index contributed by atoms with van der Waals surface area (Å²) in [6.07, 6.45) is -0.743. The van der Waals surface area contributed by atoms with Crippen LogP contribution in [0.2, 0.25) is 0 Å². The van der Waals surface area contributed by atoms with Crippen LogP contribution in [0.3, 0.4) is 0 Å². The van der Waals surface area contributed by atoms with E-state index in [1.807, 2.05) is 27.7 Å². The van der Waals surface area contributed by atoms with Crippen LogP contribution in [0.5, 0.6) is 5.75 Å². The van der Waals surface area contributed by atoms with Crippen molar-refractivity contribution in [1.29, 1.82) is 0 Å².